The van der Waals surface area contributed by atoms with E-state index in [4.69, 9.17) is 17.0 Å². The van der Waals surface area contributed by atoms with Crippen LogP contribution in [0.5, 0.6) is 0 Å². The summed E-state index contributed by atoms with van der Waals surface area (Å²) in [5.41, 5.74) is 1.88. The van der Waals surface area contributed by atoms with E-state index >= 15 is 0 Å². The summed E-state index contributed by atoms with van der Waals surface area (Å²) >= 11 is 5.83. The van der Waals surface area contributed by atoms with Crippen molar-refractivity contribution in [2.24, 2.45) is 0 Å². The van der Waals surface area contributed by atoms with E-state index in [1.807, 2.05) is 24.3 Å². The molecule has 1 rings (SSSR count). The van der Waals surface area contributed by atoms with E-state index in [1.165, 1.54) is 25.7 Å². The van der Waals surface area contributed by atoms with Crippen LogP contribution in [-0.4, -0.2) is 18.8 Å². The molecule has 0 atom stereocenters. The smallest absolute Gasteiger partial charge is 0.0406 e. The van der Waals surface area contributed by atoms with Gasteiger partial charge in [0.15, 0.2) is 0 Å². The Hall–Kier alpha value is -0.860. The summed E-state index contributed by atoms with van der Waals surface area (Å²) in [6.45, 7) is 3.92. The average molecular weight is 267 g/mol. The molecule has 3 heteroatoms. The summed E-state index contributed by atoms with van der Waals surface area (Å²) < 4.78 is 0. The topological polar surface area (TPSA) is 35.9 Å². The molecule has 0 aliphatic rings. The third-order valence-electron chi connectivity index (χ3n) is 2.88. The van der Waals surface area contributed by atoms with Crippen LogP contribution in [0.2, 0.25) is 5.02 Å². The first kappa shape index (κ1) is 15.2. The van der Waals surface area contributed by atoms with Crippen molar-refractivity contribution >= 4 is 17.3 Å². The molecule has 0 aromatic heterocycles. The van der Waals surface area contributed by atoms with Gasteiger partial charge in [-0.3, -0.25) is 0 Å². The summed E-state index contributed by atoms with van der Waals surface area (Å²) in [6, 6.07) is 7.72. The lowest BCUT2D eigenvalue weighted by atomic mass is 10.1. The van der Waals surface area contributed by atoms with E-state index in [-0.39, 0.29) is 0 Å². The minimum Gasteiger partial charge on any atom is -0.311 e. The molecule has 100 valence electrons. The number of halogens is 1. The molecule has 0 saturated carbocycles. The zero-order valence-electron chi connectivity index (χ0n) is 11.1. The molecule has 0 aliphatic carbocycles. The van der Waals surface area contributed by atoms with Crippen LogP contribution < -0.4 is 5.32 Å². The van der Waals surface area contributed by atoms with Gasteiger partial charge < -0.3 is 10.7 Å². The maximum absolute atomic E-state index is 7.90. The SMILES string of the molecule is CCCCCCNCC(=N)Cc1ccc(Cl)cc1. The van der Waals surface area contributed by atoms with Crippen molar-refractivity contribution in [1.82, 2.24) is 5.32 Å². The number of hydrogen-bond acceptors (Lipinski definition) is 2. The van der Waals surface area contributed by atoms with Gasteiger partial charge in [0.2, 0.25) is 0 Å². The first-order valence-electron chi connectivity index (χ1n) is 6.74. The number of benzene rings is 1. The van der Waals surface area contributed by atoms with Crippen molar-refractivity contribution < 1.29 is 0 Å². The third-order valence-corrected chi connectivity index (χ3v) is 3.13. The quantitative estimate of drug-likeness (QED) is 0.513. The van der Waals surface area contributed by atoms with Gasteiger partial charge in [0.05, 0.1) is 0 Å². The summed E-state index contributed by atoms with van der Waals surface area (Å²) in [7, 11) is 0. The van der Waals surface area contributed by atoms with Crippen LogP contribution in [0.3, 0.4) is 0 Å². The van der Waals surface area contributed by atoms with E-state index in [1.54, 1.807) is 0 Å². The van der Waals surface area contributed by atoms with Crippen LogP contribution >= 0.6 is 11.6 Å². The fourth-order valence-electron chi connectivity index (χ4n) is 1.83. The predicted octanol–water partition coefficient (Wildman–Crippen LogP) is 4.07. The fraction of sp³-hybridized carbons (Fsp3) is 0.533. The molecule has 0 fully saturated rings. The Morgan fingerprint density at radius 3 is 2.56 bits per heavy atom. The van der Waals surface area contributed by atoms with Crippen LogP contribution in [0.4, 0.5) is 0 Å². The van der Waals surface area contributed by atoms with E-state index < -0.39 is 0 Å². The van der Waals surface area contributed by atoms with Crippen molar-refractivity contribution in [3.8, 4) is 0 Å². The second-order valence-electron chi connectivity index (χ2n) is 4.64. The van der Waals surface area contributed by atoms with Gasteiger partial charge in [-0.05, 0) is 30.7 Å². The monoisotopic (exact) mass is 266 g/mol. The molecular formula is C15H23ClN2. The lowest BCUT2D eigenvalue weighted by Gasteiger charge is -2.06. The van der Waals surface area contributed by atoms with Gasteiger partial charge in [-0.1, -0.05) is 49.9 Å². The number of rotatable bonds is 9. The molecule has 0 amide bonds. The van der Waals surface area contributed by atoms with Crippen molar-refractivity contribution in [2.75, 3.05) is 13.1 Å². The van der Waals surface area contributed by atoms with Crippen LogP contribution in [0.1, 0.15) is 38.2 Å². The van der Waals surface area contributed by atoms with Crippen molar-refractivity contribution in [2.45, 2.75) is 39.0 Å². The minimum absolute atomic E-state index is 0.689. The van der Waals surface area contributed by atoms with Gasteiger partial charge in [-0.15, -0.1) is 0 Å². The normalized spacial score (nSPS) is 10.6. The van der Waals surface area contributed by atoms with Gasteiger partial charge in [0.1, 0.15) is 0 Å². The highest BCUT2D eigenvalue weighted by Crippen LogP contribution is 2.10. The highest BCUT2D eigenvalue weighted by molar-refractivity contribution is 6.30. The van der Waals surface area contributed by atoms with Gasteiger partial charge in [0.25, 0.3) is 0 Å². The lowest BCUT2D eigenvalue weighted by molar-refractivity contribution is 0.623. The largest absolute Gasteiger partial charge is 0.311 e. The first-order chi connectivity index (χ1) is 8.72. The number of nitrogens with one attached hydrogen (secondary N) is 2. The van der Waals surface area contributed by atoms with Crippen LogP contribution in [0, 0.1) is 5.41 Å². The molecule has 1 aromatic rings. The molecule has 0 aliphatic heterocycles. The zero-order chi connectivity index (χ0) is 13.2. The Morgan fingerprint density at radius 2 is 1.89 bits per heavy atom. The van der Waals surface area contributed by atoms with Crippen LogP contribution in [0.25, 0.3) is 0 Å². The van der Waals surface area contributed by atoms with E-state index in [2.05, 4.69) is 12.2 Å². The molecule has 0 unspecified atom stereocenters. The standard InChI is InChI=1S/C15H23ClN2/c1-2-3-4-5-10-18-12-15(17)11-13-6-8-14(16)9-7-13/h6-9,17-18H,2-5,10-12H2,1H3. The maximum Gasteiger partial charge on any atom is 0.0406 e. The zero-order valence-corrected chi connectivity index (χ0v) is 11.9. The van der Waals surface area contributed by atoms with Gasteiger partial charge in [0, 0.05) is 23.7 Å². The number of unbranched alkanes of at least 4 members (excludes halogenated alkanes) is 3. The molecule has 0 heterocycles. The molecule has 0 spiro atoms. The fourth-order valence-corrected chi connectivity index (χ4v) is 1.95. The van der Waals surface area contributed by atoms with Gasteiger partial charge in [-0.2, -0.15) is 0 Å². The van der Waals surface area contributed by atoms with Gasteiger partial charge in [-0.25, -0.2) is 0 Å². The molecule has 2 N–H and O–H groups in total. The molecule has 18 heavy (non-hydrogen) atoms. The highest BCUT2D eigenvalue weighted by Gasteiger charge is 1.99. The minimum atomic E-state index is 0.689. The molecule has 0 bridgehead atoms. The maximum atomic E-state index is 7.90. The molecule has 0 saturated heterocycles. The second-order valence-corrected chi connectivity index (χ2v) is 5.08. The molecule has 0 radical (unpaired) electrons. The van der Waals surface area contributed by atoms with Crippen molar-refractivity contribution in [3.05, 3.63) is 34.9 Å². The average Bonchev–Trinajstić information content (AvgIpc) is 2.36. The summed E-state index contributed by atoms with van der Waals surface area (Å²) in [6.07, 6.45) is 5.78. The first-order valence-corrected chi connectivity index (χ1v) is 7.11. The highest BCUT2D eigenvalue weighted by atomic mass is 35.5. The van der Waals surface area contributed by atoms with Crippen LogP contribution in [-0.2, 0) is 6.42 Å². The van der Waals surface area contributed by atoms with Gasteiger partial charge >= 0.3 is 0 Å². The second kappa shape index (κ2) is 9.12. The Bertz CT molecular complexity index is 346. The van der Waals surface area contributed by atoms with Crippen molar-refractivity contribution in [1.29, 1.82) is 5.41 Å². The summed E-state index contributed by atoms with van der Waals surface area (Å²) in [4.78, 5) is 0. The van der Waals surface area contributed by atoms with Crippen molar-refractivity contribution in [3.63, 3.8) is 0 Å². The van der Waals surface area contributed by atoms with E-state index in [0.717, 1.165) is 22.8 Å². The Morgan fingerprint density at radius 1 is 1.17 bits per heavy atom. The van der Waals surface area contributed by atoms with E-state index in [9.17, 15) is 0 Å². The number of hydrogen-bond donors (Lipinski definition) is 2. The third kappa shape index (κ3) is 6.77. The molecular weight excluding hydrogens is 244 g/mol. The summed E-state index contributed by atoms with van der Waals surface area (Å²) in [5, 5.41) is 12.0. The summed E-state index contributed by atoms with van der Waals surface area (Å²) in [5.74, 6) is 0. The predicted molar refractivity (Wildman–Crippen MR) is 79.9 cm³/mol. The Kier molecular flexibility index (Phi) is 7.70. The lowest BCUT2D eigenvalue weighted by Crippen LogP contribution is -2.24. The Balaban J connectivity index is 2.12. The van der Waals surface area contributed by atoms with E-state index in [0.29, 0.717) is 13.0 Å². The Labute approximate surface area is 115 Å². The van der Waals surface area contributed by atoms with Crippen LogP contribution in [0.15, 0.2) is 24.3 Å². The molecule has 1 aromatic carbocycles. The molecule has 2 nitrogen and oxygen atoms in total.